The molecular weight excluding hydrogens is 336 g/mol. The predicted molar refractivity (Wildman–Crippen MR) is 109 cm³/mol. The monoisotopic (exact) mass is 360 g/mol. The zero-order valence-corrected chi connectivity index (χ0v) is 15.7. The molecule has 1 aliphatic rings. The summed E-state index contributed by atoms with van der Waals surface area (Å²) in [5.74, 6) is 0.886. The second kappa shape index (κ2) is 7.31. The molecule has 0 radical (unpaired) electrons. The second-order valence-electron chi connectivity index (χ2n) is 7.05. The lowest BCUT2D eigenvalue weighted by molar-refractivity contribution is -0.122. The molecule has 1 aliphatic heterocycles. The highest BCUT2D eigenvalue weighted by molar-refractivity contribution is 5.89. The van der Waals surface area contributed by atoms with E-state index in [1.54, 1.807) is 0 Å². The van der Waals surface area contributed by atoms with Gasteiger partial charge >= 0.3 is 0 Å². The van der Waals surface area contributed by atoms with Gasteiger partial charge in [0.2, 0.25) is 5.91 Å². The minimum atomic E-state index is -0.277. The van der Waals surface area contributed by atoms with Gasteiger partial charge in [-0.25, -0.2) is 0 Å². The van der Waals surface area contributed by atoms with E-state index >= 15 is 0 Å². The molecule has 2 atom stereocenters. The lowest BCUT2D eigenvalue weighted by Crippen LogP contribution is -2.45. The van der Waals surface area contributed by atoms with Crippen LogP contribution in [-0.2, 0) is 4.79 Å². The number of fused-ring (bicyclic) bond motifs is 2. The van der Waals surface area contributed by atoms with E-state index in [1.165, 1.54) is 10.8 Å². The molecule has 0 saturated heterocycles. The van der Waals surface area contributed by atoms with E-state index < -0.39 is 0 Å². The predicted octanol–water partition coefficient (Wildman–Crippen LogP) is 4.30. The van der Waals surface area contributed by atoms with Gasteiger partial charge in [-0.1, -0.05) is 48.5 Å². The van der Waals surface area contributed by atoms with Crippen LogP contribution in [0.5, 0.6) is 5.75 Å². The van der Waals surface area contributed by atoms with E-state index in [0.29, 0.717) is 6.61 Å². The first-order valence-electron chi connectivity index (χ1n) is 9.37. The molecule has 2 unspecified atom stereocenters. The van der Waals surface area contributed by atoms with Crippen LogP contribution in [0.15, 0.2) is 66.7 Å². The number of benzene rings is 3. The van der Waals surface area contributed by atoms with Crippen molar-refractivity contribution in [3.63, 3.8) is 0 Å². The third-order valence-corrected chi connectivity index (χ3v) is 5.38. The van der Waals surface area contributed by atoms with Crippen molar-refractivity contribution in [2.45, 2.75) is 25.4 Å². The van der Waals surface area contributed by atoms with Crippen LogP contribution in [-0.4, -0.2) is 25.6 Å². The molecule has 1 amide bonds. The Morgan fingerprint density at radius 1 is 1.07 bits per heavy atom. The summed E-state index contributed by atoms with van der Waals surface area (Å²) >= 11 is 0. The van der Waals surface area contributed by atoms with Gasteiger partial charge in [0, 0.05) is 24.7 Å². The Kier molecular flexibility index (Phi) is 4.71. The summed E-state index contributed by atoms with van der Waals surface area (Å²) in [6, 6.07) is 22.2. The van der Waals surface area contributed by atoms with Gasteiger partial charge < -0.3 is 15.0 Å². The molecule has 3 aromatic rings. The molecule has 0 aromatic heterocycles. The van der Waals surface area contributed by atoms with Crippen molar-refractivity contribution in [2.75, 3.05) is 18.6 Å². The largest absolute Gasteiger partial charge is 0.493 e. The number of ether oxygens (including phenoxy) is 1. The van der Waals surface area contributed by atoms with Crippen LogP contribution in [0, 0.1) is 0 Å². The van der Waals surface area contributed by atoms with Crippen LogP contribution in [0.2, 0.25) is 0 Å². The van der Waals surface area contributed by atoms with Crippen molar-refractivity contribution in [1.82, 2.24) is 5.32 Å². The van der Waals surface area contributed by atoms with Gasteiger partial charge in [0.1, 0.15) is 11.8 Å². The maximum atomic E-state index is 12.9. The van der Waals surface area contributed by atoms with Crippen molar-refractivity contribution >= 4 is 22.4 Å². The summed E-state index contributed by atoms with van der Waals surface area (Å²) in [5, 5.41) is 5.58. The van der Waals surface area contributed by atoms with Gasteiger partial charge in [-0.2, -0.15) is 0 Å². The first-order valence-corrected chi connectivity index (χ1v) is 9.37. The first kappa shape index (κ1) is 17.4. The van der Waals surface area contributed by atoms with E-state index in [4.69, 9.17) is 4.74 Å². The fourth-order valence-electron chi connectivity index (χ4n) is 3.58. The van der Waals surface area contributed by atoms with E-state index in [1.807, 2.05) is 55.3 Å². The van der Waals surface area contributed by atoms with Gasteiger partial charge in [-0.15, -0.1) is 0 Å². The van der Waals surface area contributed by atoms with Crippen LogP contribution < -0.4 is 15.0 Å². The van der Waals surface area contributed by atoms with Crippen molar-refractivity contribution in [3.8, 4) is 5.75 Å². The van der Waals surface area contributed by atoms with Crippen LogP contribution in [0.4, 0.5) is 5.69 Å². The van der Waals surface area contributed by atoms with Gasteiger partial charge in [-0.05, 0) is 35.9 Å². The molecule has 0 fully saturated rings. The van der Waals surface area contributed by atoms with Crippen molar-refractivity contribution in [1.29, 1.82) is 0 Å². The number of rotatable bonds is 4. The lowest BCUT2D eigenvalue weighted by Gasteiger charge is -2.31. The van der Waals surface area contributed by atoms with Crippen molar-refractivity contribution < 1.29 is 9.53 Å². The highest BCUT2D eigenvalue weighted by Crippen LogP contribution is 2.31. The Bertz CT molecular complexity index is 969. The zero-order chi connectivity index (χ0) is 18.8. The quantitative estimate of drug-likeness (QED) is 0.754. The van der Waals surface area contributed by atoms with E-state index in [-0.39, 0.29) is 18.0 Å². The van der Waals surface area contributed by atoms with Gasteiger partial charge in [0.15, 0.2) is 0 Å². The van der Waals surface area contributed by atoms with E-state index in [0.717, 1.165) is 23.4 Å². The lowest BCUT2D eigenvalue weighted by atomic mass is 10.00. The SMILES string of the molecule is CC(C(=O)NC1CCOc2ccccc21)N(C)c1ccc2ccccc2c1. The Morgan fingerprint density at radius 3 is 2.67 bits per heavy atom. The Balaban J connectivity index is 1.50. The molecule has 3 aromatic carbocycles. The molecule has 4 heteroatoms. The highest BCUT2D eigenvalue weighted by atomic mass is 16.5. The second-order valence-corrected chi connectivity index (χ2v) is 7.05. The maximum Gasteiger partial charge on any atom is 0.242 e. The smallest absolute Gasteiger partial charge is 0.242 e. The van der Waals surface area contributed by atoms with Gasteiger partial charge in [0.25, 0.3) is 0 Å². The molecule has 27 heavy (non-hydrogen) atoms. The summed E-state index contributed by atoms with van der Waals surface area (Å²) in [7, 11) is 1.96. The fraction of sp³-hybridized carbons (Fsp3) is 0.261. The number of amides is 1. The zero-order valence-electron chi connectivity index (χ0n) is 15.7. The maximum absolute atomic E-state index is 12.9. The normalized spacial score (nSPS) is 16.9. The molecule has 0 saturated carbocycles. The molecule has 0 bridgehead atoms. The third kappa shape index (κ3) is 3.47. The summed E-state index contributed by atoms with van der Waals surface area (Å²) in [5.41, 5.74) is 2.08. The number of nitrogens with one attached hydrogen (secondary N) is 1. The number of hydrogen-bond acceptors (Lipinski definition) is 3. The summed E-state index contributed by atoms with van der Waals surface area (Å²) < 4.78 is 5.69. The summed E-state index contributed by atoms with van der Waals surface area (Å²) in [6.45, 7) is 2.56. The Morgan fingerprint density at radius 2 is 1.81 bits per heavy atom. The van der Waals surface area contributed by atoms with E-state index in [2.05, 4.69) is 35.6 Å². The Labute approximate surface area is 159 Å². The molecule has 4 nitrogen and oxygen atoms in total. The number of anilines is 1. The number of likely N-dealkylation sites (N-methyl/N-ethyl adjacent to an activating group) is 1. The topological polar surface area (TPSA) is 41.6 Å². The molecule has 138 valence electrons. The molecule has 4 rings (SSSR count). The number of nitrogens with zero attached hydrogens (tertiary/aromatic N) is 1. The average molecular weight is 360 g/mol. The average Bonchev–Trinajstić information content (AvgIpc) is 2.72. The van der Waals surface area contributed by atoms with Gasteiger partial charge in [0.05, 0.1) is 12.6 Å². The Hall–Kier alpha value is -3.01. The molecule has 0 aliphatic carbocycles. The summed E-state index contributed by atoms with van der Waals surface area (Å²) in [6.07, 6.45) is 0.787. The molecular formula is C23H24N2O2. The van der Waals surface area contributed by atoms with Gasteiger partial charge in [-0.3, -0.25) is 4.79 Å². The van der Waals surface area contributed by atoms with Crippen LogP contribution in [0.25, 0.3) is 10.8 Å². The first-order chi connectivity index (χ1) is 13.1. The minimum absolute atomic E-state index is 0.00472. The van der Waals surface area contributed by atoms with Crippen molar-refractivity contribution in [2.24, 2.45) is 0 Å². The number of para-hydroxylation sites is 1. The van der Waals surface area contributed by atoms with Crippen LogP contribution in [0.1, 0.15) is 24.9 Å². The van der Waals surface area contributed by atoms with Crippen molar-refractivity contribution in [3.05, 3.63) is 72.3 Å². The summed E-state index contributed by atoms with van der Waals surface area (Å²) in [4.78, 5) is 14.9. The van der Waals surface area contributed by atoms with Crippen LogP contribution in [0.3, 0.4) is 0 Å². The number of hydrogen-bond donors (Lipinski definition) is 1. The fourth-order valence-corrected chi connectivity index (χ4v) is 3.58. The standard InChI is InChI=1S/C23H24N2O2/c1-16(25(2)19-12-11-17-7-3-4-8-18(17)15-19)23(26)24-21-13-14-27-22-10-6-5-9-20(21)22/h3-12,15-16,21H,13-14H2,1-2H3,(H,24,26). The van der Waals surface area contributed by atoms with E-state index in [9.17, 15) is 4.79 Å². The number of carbonyl (C=O) groups excluding carboxylic acids is 1. The molecule has 1 heterocycles. The molecule has 1 N–H and O–H groups in total. The third-order valence-electron chi connectivity index (χ3n) is 5.38. The highest BCUT2D eigenvalue weighted by Gasteiger charge is 2.26. The minimum Gasteiger partial charge on any atom is -0.493 e. The molecule has 0 spiro atoms. The van der Waals surface area contributed by atoms with Crippen LogP contribution >= 0.6 is 0 Å². The number of carbonyl (C=O) groups is 1.